The summed E-state index contributed by atoms with van der Waals surface area (Å²) in [5.41, 5.74) is 2.54. The first kappa shape index (κ1) is 11.8. The molecule has 0 spiro atoms. The van der Waals surface area contributed by atoms with E-state index in [1.54, 1.807) is 18.3 Å². The van der Waals surface area contributed by atoms with Crippen LogP contribution in [-0.4, -0.2) is 12.0 Å². The molecule has 86 valence electrons. The molecule has 3 heteroatoms. The number of ketones is 1. The summed E-state index contributed by atoms with van der Waals surface area (Å²) >= 11 is 5.78. The highest BCUT2D eigenvalue weighted by atomic mass is 35.5. The first-order valence-corrected chi connectivity index (χ1v) is 5.74. The molecule has 2 nitrogen and oxygen atoms in total. The Labute approximate surface area is 105 Å². The SMILES string of the molecule is CC1=CCC(=O)C(C=Nc2ccc(Cl)cc2)=C1. The van der Waals surface area contributed by atoms with E-state index in [9.17, 15) is 4.79 Å². The average molecular weight is 246 g/mol. The van der Waals surface area contributed by atoms with Gasteiger partial charge in [0.2, 0.25) is 0 Å². The van der Waals surface area contributed by atoms with Gasteiger partial charge in [0.15, 0.2) is 5.78 Å². The van der Waals surface area contributed by atoms with Crippen molar-refractivity contribution < 1.29 is 4.79 Å². The molecule has 0 N–H and O–H groups in total. The van der Waals surface area contributed by atoms with Crippen LogP contribution >= 0.6 is 11.6 Å². The summed E-state index contributed by atoms with van der Waals surface area (Å²) in [4.78, 5) is 15.8. The Kier molecular flexibility index (Phi) is 3.55. The fourth-order valence-corrected chi connectivity index (χ4v) is 1.66. The molecule has 1 aliphatic rings. The largest absolute Gasteiger partial charge is 0.294 e. The summed E-state index contributed by atoms with van der Waals surface area (Å²) in [7, 11) is 0. The van der Waals surface area contributed by atoms with Gasteiger partial charge in [-0.05, 0) is 37.3 Å². The molecule has 0 amide bonds. The third kappa shape index (κ3) is 3.14. The number of benzene rings is 1. The lowest BCUT2D eigenvalue weighted by molar-refractivity contribution is -0.114. The van der Waals surface area contributed by atoms with Crippen molar-refractivity contribution in [2.24, 2.45) is 4.99 Å². The van der Waals surface area contributed by atoms with Crippen molar-refractivity contribution in [3.05, 3.63) is 52.6 Å². The zero-order valence-corrected chi connectivity index (χ0v) is 10.2. The van der Waals surface area contributed by atoms with Crippen molar-refractivity contribution >= 4 is 29.3 Å². The predicted octanol–water partition coefficient (Wildman–Crippen LogP) is 3.89. The Balaban J connectivity index is 2.18. The first-order valence-electron chi connectivity index (χ1n) is 5.36. The normalized spacial score (nSPS) is 16.0. The third-order valence-electron chi connectivity index (χ3n) is 2.49. The van der Waals surface area contributed by atoms with Crippen LogP contribution < -0.4 is 0 Å². The van der Waals surface area contributed by atoms with Crippen LogP contribution in [0.1, 0.15) is 13.3 Å². The van der Waals surface area contributed by atoms with Crippen LogP contribution in [0.15, 0.2) is 52.6 Å². The van der Waals surface area contributed by atoms with Crippen LogP contribution in [0.5, 0.6) is 0 Å². The molecule has 0 saturated carbocycles. The number of hydrogen-bond donors (Lipinski definition) is 0. The fourth-order valence-electron chi connectivity index (χ4n) is 1.54. The molecule has 1 aromatic rings. The van der Waals surface area contributed by atoms with Crippen molar-refractivity contribution in [3.8, 4) is 0 Å². The smallest absolute Gasteiger partial charge is 0.168 e. The van der Waals surface area contributed by atoms with E-state index in [2.05, 4.69) is 4.99 Å². The van der Waals surface area contributed by atoms with Gasteiger partial charge in [-0.25, -0.2) is 0 Å². The molecule has 0 heterocycles. The van der Waals surface area contributed by atoms with Crippen LogP contribution in [0.4, 0.5) is 5.69 Å². The van der Waals surface area contributed by atoms with Crippen molar-refractivity contribution in [1.82, 2.24) is 0 Å². The zero-order chi connectivity index (χ0) is 12.3. The summed E-state index contributed by atoms with van der Waals surface area (Å²) in [6.07, 6.45) is 5.85. The number of aliphatic imine (C=N–C) groups is 1. The average Bonchev–Trinajstić information content (AvgIpc) is 2.32. The minimum Gasteiger partial charge on any atom is -0.294 e. The summed E-state index contributed by atoms with van der Waals surface area (Å²) < 4.78 is 0. The Morgan fingerprint density at radius 1 is 1.29 bits per heavy atom. The van der Waals surface area contributed by atoms with E-state index in [4.69, 9.17) is 11.6 Å². The third-order valence-corrected chi connectivity index (χ3v) is 2.75. The first-order chi connectivity index (χ1) is 8.15. The van der Waals surface area contributed by atoms with Crippen LogP contribution in [0.2, 0.25) is 5.02 Å². The predicted molar refractivity (Wildman–Crippen MR) is 71.1 cm³/mol. The van der Waals surface area contributed by atoms with Gasteiger partial charge in [0.05, 0.1) is 5.69 Å². The second kappa shape index (κ2) is 5.11. The summed E-state index contributed by atoms with van der Waals surface area (Å²) in [5.74, 6) is 0.105. The van der Waals surface area contributed by atoms with Crippen LogP contribution in [0.3, 0.4) is 0 Å². The lowest BCUT2D eigenvalue weighted by Crippen LogP contribution is -2.06. The summed E-state index contributed by atoms with van der Waals surface area (Å²) in [5, 5.41) is 0.677. The van der Waals surface area contributed by atoms with E-state index in [-0.39, 0.29) is 5.78 Å². The standard InChI is InChI=1S/C14H12ClNO/c1-10-2-7-14(17)11(8-10)9-16-13-5-3-12(15)4-6-13/h2-6,8-9H,7H2,1H3. The molecule has 2 rings (SSSR count). The number of Topliss-reactive ketones (excluding diaryl/α,β-unsaturated/α-hetero) is 1. The maximum atomic E-state index is 11.6. The maximum Gasteiger partial charge on any atom is 0.168 e. The molecular formula is C14H12ClNO. The molecule has 0 atom stereocenters. The minimum atomic E-state index is 0.105. The topological polar surface area (TPSA) is 29.4 Å². The quantitative estimate of drug-likeness (QED) is 0.727. The monoisotopic (exact) mass is 245 g/mol. The molecule has 0 fully saturated rings. The molecule has 0 radical (unpaired) electrons. The van der Waals surface area contributed by atoms with Gasteiger partial charge < -0.3 is 0 Å². The Bertz CT molecular complexity index is 524. The highest BCUT2D eigenvalue weighted by Gasteiger charge is 2.10. The highest BCUT2D eigenvalue weighted by molar-refractivity contribution is 6.30. The number of rotatable bonds is 2. The van der Waals surface area contributed by atoms with E-state index in [1.807, 2.05) is 31.2 Å². The Morgan fingerprint density at radius 3 is 2.71 bits per heavy atom. The van der Waals surface area contributed by atoms with Crippen LogP contribution in [-0.2, 0) is 4.79 Å². The molecular weight excluding hydrogens is 234 g/mol. The summed E-state index contributed by atoms with van der Waals surface area (Å²) in [6, 6.07) is 7.18. The Morgan fingerprint density at radius 2 is 2.00 bits per heavy atom. The van der Waals surface area contributed by atoms with E-state index in [0.717, 1.165) is 11.3 Å². The number of nitrogens with zero attached hydrogens (tertiary/aromatic N) is 1. The number of halogens is 1. The van der Waals surface area contributed by atoms with Crippen molar-refractivity contribution in [3.63, 3.8) is 0 Å². The molecule has 0 unspecified atom stereocenters. The molecule has 0 aromatic heterocycles. The second-order valence-corrected chi connectivity index (χ2v) is 4.35. The zero-order valence-electron chi connectivity index (χ0n) is 9.48. The molecule has 0 bridgehead atoms. The number of carbonyl (C=O) groups is 1. The van der Waals surface area contributed by atoms with Crippen molar-refractivity contribution in [1.29, 1.82) is 0 Å². The number of allylic oxidation sites excluding steroid dienone is 4. The van der Waals surface area contributed by atoms with E-state index >= 15 is 0 Å². The molecule has 1 aliphatic carbocycles. The van der Waals surface area contributed by atoms with E-state index < -0.39 is 0 Å². The van der Waals surface area contributed by atoms with Crippen LogP contribution in [0.25, 0.3) is 0 Å². The van der Waals surface area contributed by atoms with E-state index in [1.165, 1.54) is 0 Å². The van der Waals surface area contributed by atoms with Gasteiger partial charge >= 0.3 is 0 Å². The van der Waals surface area contributed by atoms with Crippen molar-refractivity contribution in [2.45, 2.75) is 13.3 Å². The van der Waals surface area contributed by atoms with Crippen LogP contribution in [0, 0.1) is 0 Å². The van der Waals surface area contributed by atoms with Gasteiger partial charge in [0.1, 0.15) is 0 Å². The molecule has 0 saturated heterocycles. The fraction of sp³-hybridized carbons (Fsp3) is 0.143. The summed E-state index contributed by atoms with van der Waals surface area (Å²) in [6.45, 7) is 1.97. The van der Waals surface area contributed by atoms with Gasteiger partial charge in [0.25, 0.3) is 0 Å². The number of hydrogen-bond acceptors (Lipinski definition) is 2. The maximum absolute atomic E-state index is 11.6. The lowest BCUT2D eigenvalue weighted by atomic mass is 10.00. The van der Waals surface area contributed by atoms with Gasteiger partial charge in [-0.1, -0.05) is 23.3 Å². The van der Waals surface area contributed by atoms with Crippen molar-refractivity contribution in [2.75, 3.05) is 0 Å². The number of carbonyl (C=O) groups excluding carboxylic acids is 1. The minimum absolute atomic E-state index is 0.105. The van der Waals surface area contributed by atoms with Gasteiger partial charge in [-0.15, -0.1) is 0 Å². The highest BCUT2D eigenvalue weighted by Crippen LogP contribution is 2.17. The molecule has 0 aliphatic heterocycles. The van der Waals surface area contributed by atoms with Gasteiger partial charge in [-0.2, -0.15) is 0 Å². The molecule has 1 aromatic carbocycles. The molecule has 17 heavy (non-hydrogen) atoms. The second-order valence-electron chi connectivity index (χ2n) is 3.91. The van der Waals surface area contributed by atoms with E-state index in [0.29, 0.717) is 17.0 Å². The Hall–Kier alpha value is -1.67. The van der Waals surface area contributed by atoms with Gasteiger partial charge in [-0.3, -0.25) is 9.79 Å². The van der Waals surface area contributed by atoms with Gasteiger partial charge in [0, 0.05) is 23.2 Å². The lowest BCUT2D eigenvalue weighted by Gasteiger charge is -2.05.